The Morgan fingerprint density at radius 3 is 2.33 bits per heavy atom. The molecule has 0 fully saturated rings. The molecular weight excluding hydrogens is 188 g/mol. The van der Waals surface area contributed by atoms with Crippen LogP contribution in [0.5, 0.6) is 0 Å². The van der Waals surface area contributed by atoms with Crippen molar-refractivity contribution in [3.05, 3.63) is 65.8 Å². The van der Waals surface area contributed by atoms with Gasteiger partial charge in [0, 0.05) is 0 Å². The second-order valence-electron chi connectivity index (χ2n) is 3.33. The molecular formula is C13H11O2. The van der Waals surface area contributed by atoms with Crippen molar-refractivity contribution in [1.82, 2.24) is 0 Å². The zero-order valence-electron chi connectivity index (χ0n) is 8.17. The van der Waals surface area contributed by atoms with E-state index < -0.39 is 6.10 Å². The highest BCUT2D eigenvalue weighted by atomic mass is 17.1. The van der Waals surface area contributed by atoms with Gasteiger partial charge in [-0.15, -0.1) is 0 Å². The van der Waals surface area contributed by atoms with Crippen LogP contribution in [0.4, 0.5) is 0 Å². The molecule has 0 bridgehead atoms. The van der Waals surface area contributed by atoms with Crippen LogP contribution < -0.4 is 0 Å². The monoisotopic (exact) mass is 199 g/mol. The summed E-state index contributed by atoms with van der Waals surface area (Å²) in [7, 11) is 0. The first-order valence-corrected chi connectivity index (χ1v) is 4.80. The zero-order valence-corrected chi connectivity index (χ0v) is 8.17. The molecule has 2 rings (SSSR count). The van der Waals surface area contributed by atoms with Crippen LogP contribution >= 0.6 is 0 Å². The van der Waals surface area contributed by atoms with E-state index >= 15 is 0 Å². The maximum Gasteiger partial charge on any atom is 0.133 e. The Labute approximate surface area is 88.7 Å². The lowest BCUT2D eigenvalue weighted by Crippen LogP contribution is -2.04. The summed E-state index contributed by atoms with van der Waals surface area (Å²) < 4.78 is 0. The summed E-state index contributed by atoms with van der Waals surface area (Å²) in [5, 5.41) is 10.1. The van der Waals surface area contributed by atoms with Gasteiger partial charge in [0.25, 0.3) is 0 Å². The summed E-state index contributed by atoms with van der Waals surface area (Å²) in [6.07, 6.45) is 8.86. The van der Waals surface area contributed by atoms with E-state index in [9.17, 15) is 5.26 Å². The number of hydrogen-bond acceptors (Lipinski definition) is 1. The zero-order chi connectivity index (χ0) is 10.5. The van der Waals surface area contributed by atoms with E-state index in [1.54, 1.807) is 12.2 Å². The molecule has 1 aliphatic rings. The van der Waals surface area contributed by atoms with E-state index in [-0.39, 0.29) is 0 Å². The van der Waals surface area contributed by atoms with Crippen molar-refractivity contribution in [1.29, 1.82) is 0 Å². The van der Waals surface area contributed by atoms with Gasteiger partial charge in [-0.25, -0.2) is 0 Å². The molecule has 2 heteroatoms. The minimum Gasteiger partial charge on any atom is -0.192 e. The lowest BCUT2D eigenvalue weighted by Gasteiger charge is -2.06. The van der Waals surface area contributed by atoms with Crippen molar-refractivity contribution >= 4 is 6.08 Å². The Balaban J connectivity index is 2.14. The third kappa shape index (κ3) is 2.65. The summed E-state index contributed by atoms with van der Waals surface area (Å²) in [6, 6.07) is 10.0. The fourth-order valence-electron chi connectivity index (χ4n) is 1.43. The molecule has 0 saturated carbocycles. The third-order valence-electron chi connectivity index (χ3n) is 2.20. The van der Waals surface area contributed by atoms with E-state index in [4.69, 9.17) is 0 Å². The highest BCUT2D eigenvalue weighted by Gasteiger charge is 2.04. The minimum atomic E-state index is -0.432. The molecule has 1 aromatic rings. The van der Waals surface area contributed by atoms with Gasteiger partial charge in [0.05, 0.1) is 0 Å². The number of benzene rings is 1. The van der Waals surface area contributed by atoms with Crippen molar-refractivity contribution in [2.45, 2.75) is 6.10 Å². The Hall–Kier alpha value is -1.64. The average Bonchev–Trinajstić information content (AvgIpc) is 2.31. The predicted molar refractivity (Wildman–Crippen MR) is 58.3 cm³/mol. The first kappa shape index (κ1) is 9.90. The summed E-state index contributed by atoms with van der Waals surface area (Å²) in [4.78, 5) is 3.94. The van der Waals surface area contributed by atoms with E-state index in [0.29, 0.717) is 0 Å². The molecule has 0 N–H and O–H groups in total. The Morgan fingerprint density at radius 1 is 1.07 bits per heavy atom. The minimum absolute atomic E-state index is 0.432. The second kappa shape index (κ2) is 4.73. The molecule has 1 radical (unpaired) electrons. The summed E-state index contributed by atoms with van der Waals surface area (Å²) >= 11 is 0. The number of rotatable bonds is 2. The van der Waals surface area contributed by atoms with Gasteiger partial charge in [-0.05, 0) is 34.6 Å². The quantitative estimate of drug-likeness (QED) is 0.532. The smallest absolute Gasteiger partial charge is 0.133 e. The van der Waals surface area contributed by atoms with E-state index in [2.05, 4.69) is 4.89 Å². The normalized spacial score (nSPS) is 19.3. The molecule has 15 heavy (non-hydrogen) atoms. The van der Waals surface area contributed by atoms with Crippen LogP contribution in [-0.2, 0) is 10.1 Å². The second-order valence-corrected chi connectivity index (χ2v) is 3.33. The lowest BCUT2D eigenvalue weighted by molar-refractivity contribution is -0.314. The largest absolute Gasteiger partial charge is 0.192 e. The Bertz CT molecular complexity index is 386. The van der Waals surface area contributed by atoms with E-state index in [1.807, 2.05) is 48.6 Å². The molecule has 75 valence electrons. The highest BCUT2D eigenvalue weighted by molar-refractivity contribution is 5.60. The average molecular weight is 199 g/mol. The topological polar surface area (TPSA) is 29.1 Å². The Morgan fingerprint density at radius 2 is 1.73 bits per heavy atom. The fourth-order valence-corrected chi connectivity index (χ4v) is 1.43. The van der Waals surface area contributed by atoms with Gasteiger partial charge < -0.3 is 0 Å². The van der Waals surface area contributed by atoms with Gasteiger partial charge in [0.2, 0.25) is 0 Å². The summed E-state index contributed by atoms with van der Waals surface area (Å²) in [5.41, 5.74) is 2.21. The highest BCUT2D eigenvalue weighted by Crippen LogP contribution is 2.14. The number of hydrogen-bond donors (Lipinski definition) is 0. The first-order valence-electron chi connectivity index (χ1n) is 4.80. The fraction of sp³-hybridized carbons (Fsp3) is 0.0769. The van der Waals surface area contributed by atoms with Gasteiger partial charge in [-0.3, -0.25) is 0 Å². The van der Waals surface area contributed by atoms with Crippen LogP contribution in [0.2, 0.25) is 0 Å². The molecule has 0 heterocycles. The molecule has 1 aliphatic carbocycles. The molecule has 0 spiro atoms. The van der Waals surface area contributed by atoms with Crippen molar-refractivity contribution in [2.24, 2.45) is 0 Å². The maximum atomic E-state index is 10.1. The molecule has 0 aromatic heterocycles. The molecule has 0 saturated heterocycles. The van der Waals surface area contributed by atoms with Crippen molar-refractivity contribution in [2.75, 3.05) is 0 Å². The van der Waals surface area contributed by atoms with Crippen LogP contribution in [-0.4, -0.2) is 6.10 Å². The molecule has 2 nitrogen and oxygen atoms in total. The third-order valence-corrected chi connectivity index (χ3v) is 2.20. The van der Waals surface area contributed by atoms with Crippen molar-refractivity contribution in [3.8, 4) is 0 Å². The maximum absolute atomic E-state index is 10.1. The van der Waals surface area contributed by atoms with Gasteiger partial charge in [0.1, 0.15) is 6.10 Å². The predicted octanol–water partition coefficient (Wildman–Crippen LogP) is 2.93. The Kier molecular flexibility index (Phi) is 3.12. The summed E-state index contributed by atoms with van der Waals surface area (Å²) in [6.45, 7) is 0. The van der Waals surface area contributed by atoms with Gasteiger partial charge in [-0.1, -0.05) is 42.5 Å². The van der Waals surface area contributed by atoms with Crippen LogP contribution in [0, 0.1) is 0 Å². The van der Waals surface area contributed by atoms with Crippen LogP contribution in [0.1, 0.15) is 5.56 Å². The van der Waals surface area contributed by atoms with Crippen molar-refractivity contribution < 1.29 is 10.1 Å². The van der Waals surface area contributed by atoms with Crippen LogP contribution in [0.3, 0.4) is 0 Å². The molecule has 0 aliphatic heterocycles. The molecule has 0 unspecified atom stereocenters. The van der Waals surface area contributed by atoms with E-state index in [0.717, 1.165) is 11.1 Å². The molecule has 0 atom stereocenters. The summed E-state index contributed by atoms with van der Waals surface area (Å²) in [5.74, 6) is 0. The van der Waals surface area contributed by atoms with Crippen molar-refractivity contribution in [3.63, 3.8) is 0 Å². The van der Waals surface area contributed by atoms with Gasteiger partial charge in [0.15, 0.2) is 0 Å². The standard InChI is InChI=1S/C13H11O2/c14-15-13-8-6-12(7-9-13)10-11-4-2-1-3-5-11/h1-10,13H. The molecule has 0 amide bonds. The van der Waals surface area contributed by atoms with E-state index in [1.165, 1.54) is 0 Å². The SMILES string of the molecule is [O]OC1C=CC(=Cc2ccccc2)C=C1. The van der Waals surface area contributed by atoms with Crippen LogP contribution in [0.25, 0.3) is 6.08 Å². The van der Waals surface area contributed by atoms with Gasteiger partial charge >= 0.3 is 0 Å². The molecule has 1 aromatic carbocycles. The number of allylic oxidation sites excluding steroid dienone is 3. The van der Waals surface area contributed by atoms with Crippen LogP contribution in [0.15, 0.2) is 60.2 Å². The first-order chi connectivity index (χ1) is 7.38. The van der Waals surface area contributed by atoms with Gasteiger partial charge in [-0.2, -0.15) is 4.89 Å². The lowest BCUT2D eigenvalue weighted by atomic mass is 10.1.